The van der Waals surface area contributed by atoms with Crippen molar-refractivity contribution in [3.8, 4) is 0 Å². The molecule has 0 amide bonds. The maximum absolute atomic E-state index is 10.4. The molecule has 12 heavy (non-hydrogen) atoms. The van der Waals surface area contributed by atoms with Crippen LogP contribution in [0.5, 0.6) is 0 Å². The van der Waals surface area contributed by atoms with Crippen molar-refractivity contribution >= 4 is 43.8 Å². The molecule has 2 rings (SSSR count). The van der Waals surface area contributed by atoms with Gasteiger partial charge in [-0.05, 0) is 34.1 Å². The Labute approximate surface area is 81.4 Å². The number of halogens is 1. The maximum atomic E-state index is 10.4. The number of rotatable bonds is 1. The average Bonchev–Trinajstić information content (AvgIpc) is 2.46. The number of thiophene rings is 1. The van der Waals surface area contributed by atoms with Crippen molar-refractivity contribution in [1.82, 2.24) is 4.98 Å². The van der Waals surface area contributed by atoms with Crippen molar-refractivity contribution in [2.45, 2.75) is 0 Å². The van der Waals surface area contributed by atoms with E-state index in [9.17, 15) is 4.79 Å². The monoisotopic (exact) mass is 241 g/mol. The lowest BCUT2D eigenvalue weighted by Gasteiger charge is -1.87. The third-order valence-corrected chi connectivity index (χ3v) is 2.90. The summed E-state index contributed by atoms with van der Waals surface area (Å²) in [6.45, 7) is 0. The minimum absolute atomic E-state index is 0.718. The number of nitrogens with zero attached hydrogens (tertiary/aromatic N) is 1. The number of carbonyl (C=O) groups excluding carboxylic acids is 1. The fourth-order valence-corrected chi connectivity index (χ4v) is 2.25. The second-order valence-corrected chi connectivity index (χ2v) is 4.17. The number of hydrogen-bond donors (Lipinski definition) is 0. The molecule has 2 heterocycles. The lowest BCUT2D eigenvalue weighted by atomic mass is 10.3. The van der Waals surface area contributed by atoms with E-state index in [1.165, 1.54) is 11.3 Å². The minimum Gasteiger partial charge on any atom is -0.297 e. The molecule has 0 N–H and O–H groups in total. The van der Waals surface area contributed by atoms with E-state index in [1.54, 1.807) is 0 Å². The molecule has 60 valence electrons. The molecule has 0 aliphatic carbocycles. The summed E-state index contributed by atoms with van der Waals surface area (Å²) in [5.74, 6) is 0. The molecule has 0 aliphatic rings. The van der Waals surface area contributed by atoms with Crippen LogP contribution < -0.4 is 0 Å². The van der Waals surface area contributed by atoms with Crippen LogP contribution in [0.4, 0.5) is 0 Å². The van der Waals surface area contributed by atoms with Crippen LogP contribution >= 0.6 is 27.3 Å². The van der Waals surface area contributed by atoms with Crippen LogP contribution in [0.15, 0.2) is 22.8 Å². The van der Waals surface area contributed by atoms with Gasteiger partial charge in [-0.3, -0.25) is 4.79 Å². The zero-order valence-corrected chi connectivity index (χ0v) is 8.35. The van der Waals surface area contributed by atoms with Crippen LogP contribution in [0, 0.1) is 0 Å². The fourth-order valence-electron chi connectivity index (χ4n) is 0.973. The molecule has 0 atom stereocenters. The summed E-state index contributed by atoms with van der Waals surface area (Å²) in [7, 11) is 0. The van der Waals surface area contributed by atoms with Gasteiger partial charge in [0.25, 0.3) is 0 Å². The summed E-state index contributed by atoms with van der Waals surface area (Å²) < 4.78 is 0.800. The molecular formula is C8H4BrNOS. The number of aromatic nitrogens is 1. The van der Waals surface area contributed by atoms with Gasteiger partial charge in [0.1, 0.15) is 9.43 Å². The highest BCUT2D eigenvalue weighted by Gasteiger charge is 2.01. The molecule has 0 aromatic carbocycles. The molecule has 0 radical (unpaired) electrons. The highest BCUT2D eigenvalue weighted by Crippen LogP contribution is 2.24. The molecule has 2 aromatic rings. The molecular weight excluding hydrogens is 238 g/mol. The maximum Gasteiger partial charge on any atom is 0.160 e. The molecule has 4 heteroatoms. The largest absolute Gasteiger partial charge is 0.297 e. The summed E-state index contributed by atoms with van der Waals surface area (Å²) in [6, 6.07) is 5.64. The van der Waals surface area contributed by atoms with Gasteiger partial charge >= 0.3 is 0 Å². The van der Waals surface area contributed by atoms with Crippen molar-refractivity contribution in [2.24, 2.45) is 0 Å². The average molecular weight is 242 g/mol. The van der Waals surface area contributed by atoms with Crippen molar-refractivity contribution in [3.63, 3.8) is 0 Å². The highest BCUT2D eigenvalue weighted by molar-refractivity contribution is 9.10. The van der Waals surface area contributed by atoms with Gasteiger partial charge in [-0.25, -0.2) is 4.98 Å². The third-order valence-electron chi connectivity index (χ3n) is 1.48. The van der Waals surface area contributed by atoms with Crippen molar-refractivity contribution in [2.75, 3.05) is 0 Å². The Bertz CT molecular complexity index is 438. The first-order valence-electron chi connectivity index (χ1n) is 3.31. The predicted molar refractivity (Wildman–Crippen MR) is 52.7 cm³/mol. The molecule has 0 bridgehead atoms. The molecule has 0 saturated carbocycles. The highest BCUT2D eigenvalue weighted by atomic mass is 79.9. The number of carbonyl (C=O) groups is 1. The molecule has 2 aromatic heterocycles. The molecule has 0 unspecified atom stereocenters. The van der Waals surface area contributed by atoms with Crippen LogP contribution in [0.25, 0.3) is 10.2 Å². The van der Waals surface area contributed by atoms with E-state index in [4.69, 9.17) is 0 Å². The van der Waals surface area contributed by atoms with Crippen LogP contribution in [0.3, 0.4) is 0 Å². The van der Waals surface area contributed by atoms with Crippen LogP contribution in [0.1, 0.15) is 9.67 Å². The summed E-state index contributed by atoms with van der Waals surface area (Å²) in [4.78, 5) is 16.3. The fraction of sp³-hybridized carbons (Fsp3) is 0. The van der Waals surface area contributed by atoms with Gasteiger partial charge in [0.15, 0.2) is 6.29 Å². The van der Waals surface area contributed by atoms with E-state index in [1.807, 2.05) is 18.2 Å². The standard InChI is InChI=1S/C8H4BrNOS/c9-7-2-1-5-3-6(4-11)12-8(5)10-7/h1-4H. The quantitative estimate of drug-likeness (QED) is 0.568. The van der Waals surface area contributed by atoms with E-state index in [-0.39, 0.29) is 0 Å². The number of pyridine rings is 1. The first-order valence-corrected chi connectivity index (χ1v) is 4.92. The lowest BCUT2D eigenvalue weighted by Crippen LogP contribution is -1.71. The first kappa shape index (κ1) is 7.89. The summed E-state index contributed by atoms with van der Waals surface area (Å²) >= 11 is 4.67. The Morgan fingerprint density at radius 2 is 2.33 bits per heavy atom. The normalized spacial score (nSPS) is 10.4. The second-order valence-electron chi connectivity index (χ2n) is 2.29. The van der Waals surface area contributed by atoms with Gasteiger partial charge < -0.3 is 0 Å². The van der Waals surface area contributed by atoms with E-state index in [0.717, 1.165) is 26.0 Å². The summed E-state index contributed by atoms with van der Waals surface area (Å²) in [5.41, 5.74) is 0. The topological polar surface area (TPSA) is 30.0 Å². The van der Waals surface area contributed by atoms with Gasteiger partial charge in [0.05, 0.1) is 4.88 Å². The molecule has 0 fully saturated rings. The van der Waals surface area contributed by atoms with Crippen LogP contribution in [-0.2, 0) is 0 Å². The number of fused-ring (bicyclic) bond motifs is 1. The van der Waals surface area contributed by atoms with Gasteiger partial charge in [-0.2, -0.15) is 0 Å². The number of hydrogen-bond acceptors (Lipinski definition) is 3. The molecule has 0 saturated heterocycles. The van der Waals surface area contributed by atoms with E-state index in [2.05, 4.69) is 20.9 Å². The van der Waals surface area contributed by atoms with Gasteiger partial charge in [0, 0.05) is 5.39 Å². The van der Waals surface area contributed by atoms with Gasteiger partial charge in [-0.15, -0.1) is 11.3 Å². The molecule has 2 nitrogen and oxygen atoms in total. The van der Waals surface area contributed by atoms with Crippen LogP contribution in [0.2, 0.25) is 0 Å². The Balaban J connectivity index is 2.75. The van der Waals surface area contributed by atoms with Crippen molar-refractivity contribution < 1.29 is 4.79 Å². The van der Waals surface area contributed by atoms with E-state index < -0.39 is 0 Å². The molecule has 0 aliphatic heterocycles. The minimum atomic E-state index is 0.718. The Morgan fingerprint density at radius 3 is 3.08 bits per heavy atom. The summed E-state index contributed by atoms with van der Waals surface area (Å²) in [6.07, 6.45) is 0.847. The SMILES string of the molecule is O=Cc1cc2ccc(Br)nc2s1. The zero-order valence-electron chi connectivity index (χ0n) is 5.95. The molecule has 0 spiro atoms. The number of aldehydes is 1. The van der Waals surface area contributed by atoms with E-state index >= 15 is 0 Å². The van der Waals surface area contributed by atoms with Gasteiger partial charge in [0.2, 0.25) is 0 Å². The van der Waals surface area contributed by atoms with E-state index in [0.29, 0.717) is 0 Å². The zero-order chi connectivity index (χ0) is 8.55. The Hall–Kier alpha value is -0.740. The smallest absolute Gasteiger partial charge is 0.160 e. The predicted octanol–water partition coefficient (Wildman–Crippen LogP) is 2.87. The summed E-state index contributed by atoms with van der Waals surface area (Å²) in [5, 5.41) is 1.02. The second kappa shape index (κ2) is 2.95. The Morgan fingerprint density at radius 1 is 1.50 bits per heavy atom. The van der Waals surface area contributed by atoms with Gasteiger partial charge in [-0.1, -0.05) is 0 Å². The first-order chi connectivity index (χ1) is 5.79. The third kappa shape index (κ3) is 1.28. The van der Waals surface area contributed by atoms with Crippen molar-refractivity contribution in [3.05, 3.63) is 27.7 Å². The van der Waals surface area contributed by atoms with Crippen LogP contribution in [-0.4, -0.2) is 11.3 Å². The Kier molecular flexibility index (Phi) is 1.94. The lowest BCUT2D eigenvalue weighted by molar-refractivity contribution is 0.112. The van der Waals surface area contributed by atoms with Crippen molar-refractivity contribution in [1.29, 1.82) is 0 Å².